The Morgan fingerprint density at radius 1 is 0.960 bits per heavy atom. The van der Waals surface area contributed by atoms with Gasteiger partial charge in [0.2, 0.25) is 0 Å². The minimum absolute atomic E-state index is 0.240. The Balaban J connectivity index is 2.14. The molecule has 0 saturated carbocycles. The van der Waals surface area contributed by atoms with Gasteiger partial charge < -0.3 is 9.47 Å². The lowest BCUT2D eigenvalue weighted by Crippen LogP contribution is -2.19. The van der Waals surface area contributed by atoms with Crippen molar-refractivity contribution in [1.82, 2.24) is 5.43 Å². The Hall–Kier alpha value is -2.82. The van der Waals surface area contributed by atoms with Gasteiger partial charge in [0.25, 0.3) is 5.91 Å². The summed E-state index contributed by atoms with van der Waals surface area (Å²) < 4.78 is 11.2. The van der Waals surface area contributed by atoms with E-state index in [1.165, 1.54) is 0 Å². The number of nitrogens with zero attached hydrogens (tertiary/aromatic N) is 1. The first-order valence-corrected chi connectivity index (χ1v) is 8.36. The molecule has 5 nitrogen and oxygen atoms in total. The SMILES string of the molecule is CCOc1ccc(/C(C)=N\NC(=O)c2ccc(C)cc2)cc1OCC. The molecule has 0 aliphatic carbocycles. The zero-order chi connectivity index (χ0) is 18.2. The lowest BCUT2D eigenvalue weighted by atomic mass is 10.1. The summed E-state index contributed by atoms with van der Waals surface area (Å²) >= 11 is 0. The summed E-state index contributed by atoms with van der Waals surface area (Å²) in [4.78, 5) is 12.1. The van der Waals surface area contributed by atoms with E-state index < -0.39 is 0 Å². The molecule has 0 aliphatic rings. The lowest BCUT2D eigenvalue weighted by molar-refractivity contribution is 0.0955. The number of hydrogen-bond donors (Lipinski definition) is 1. The van der Waals surface area contributed by atoms with Gasteiger partial charge in [-0.25, -0.2) is 5.43 Å². The molecule has 0 spiro atoms. The van der Waals surface area contributed by atoms with Crippen molar-refractivity contribution >= 4 is 11.6 Å². The smallest absolute Gasteiger partial charge is 0.271 e. The summed E-state index contributed by atoms with van der Waals surface area (Å²) in [5, 5.41) is 4.19. The average Bonchev–Trinajstić information content (AvgIpc) is 2.62. The third kappa shape index (κ3) is 5.08. The molecule has 5 heteroatoms. The Morgan fingerprint density at radius 2 is 1.56 bits per heavy atom. The molecule has 0 radical (unpaired) electrons. The van der Waals surface area contributed by atoms with Gasteiger partial charge in [-0.2, -0.15) is 5.10 Å². The highest BCUT2D eigenvalue weighted by atomic mass is 16.5. The number of carbonyl (C=O) groups excluding carboxylic acids is 1. The Kier molecular flexibility index (Phi) is 6.57. The average molecular weight is 340 g/mol. The minimum atomic E-state index is -0.240. The predicted molar refractivity (Wildman–Crippen MR) is 99.6 cm³/mol. The van der Waals surface area contributed by atoms with Gasteiger partial charge in [-0.1, -0.05) is 17.7 Å². The largest absolute Gasteiger partial charge is 0.490 e. The van der Waals surface area contributed by atoms with Crippen LogP contribution in [-0.2, 0) is 0 Å². The Labute approximate surface area is 148 Å². The molecule has 0 fully saturated rings. The molecule has 0 bridgehead atoms. The fourth-order valence-electron chi connectivity index (χ4n) is 2.24. The summed E-state index contributed by atoms with van der Waals surface area (Å²) in [5.41, 5.74) is 5.81. The number of ether oxygens (including phenoxy) is 2. The van der Waals surface area contributed by atoms with Gasteiger partial charge in [-0.3, -0.25) is 4.79 Å². The van der Waals surface area contributed by atoms with Crippen molar-refractivity contribution in [1.29, 1.82) is 0 Å². The van der Waals surface area contributed by atoms with E-state index in [2.05, 4.69) is 10.5 Å². The van der Waals surface area contributed by atoms with Crippen molar-refractivity contribution in [2.75, 3.05) is 13.2 Å². The lowest BCUT2D eigenvalue weighted by Gasteiger charge is -2.12. The number of nitrogens with one attached hydrogen (secondary N) is 1. The van der Waals surface area contributed by atoms with Crippen molar-refractivity contribution in [3.8, 4) is 11.5 Å². The standard InChI is InChI=1S/C20H24N2O3/c1-5-24-18-12-11-17(13-19(18)25-6-2)15(4)21-22-20(23)16-9-7-14(3)8-10-16/h7-13H,5-6H2,1-4H3,(H,22,23)/b21-15-. The summed E-state index contributed by atoms with van der Waals surface area (Å²) in [5.74, 6) is 1.13. The molecule has 0 saturated heterocycles. The van der Waals surface area contributed by atoms with Gasteiger partial charge in [0, 0.05) is 11.1 Å². The maximum atomic E-state index is 12.1. The van der Waals surface area contributed by atoms with Gasteiger partial charge >= 0.3 is 0 Å². The second kappa shape index (κ2) is 8.87. The molecule has 0 unspecified atom stereocenters. The van der Waals surface area contributed by atoms with Crippen molar-refractivity contribution in [3.63, 3.8) is 0 Å². The van der Waals surface area contributed by atoms with Crippen molar-refractivity contribution in [2.24, 2.45) is 5.10 Å². The van der Waals surface area contributed by atoms with Crippen LogP contribution in [0.4, 0.5) is 0 Å². The third-order valence-corrected chi connectivity index (χ3v) is 3.60. The van der Waals surface area contributed by atoms with E-state index in [1.807, 2.05) is 58.0 Å². The second-order valence-corrected chi connectivity index (χ2v) is 5.53. The van der Waals surface area contributed by atoms with Crippen molar-refractivity contribution in [2.45, 2.75) is 27.7 Å². The first kappa shape index (κ1) is 18.5. The van der Waals surface area contributed by atoms with E-state index >= 15 is 0 Å². The molecule has 0 atom stereocenters. The predicted octanol–water partition coefficient (Wildman–Crippen LogP) is 3.95. The number of carbonyl (C=O) groups is 1. The summed E-state index contributed by atoms with van der Waals surface area (Å²) in [6, 6.07) is 13.0. The highest BCUT2D eigenvalue weighted by Gasteiger charge is 2.09. The van der Waals surface area contributed by atoms with Gasteiger partial charge in [0.15, 0.2) is 11.5 Å². The van der Waals surface area contributed by atoms with Crippen molar-refractivity contribution < 1.29 is 14.3 Å². The maximum absolute atomic E-state index is 12.1. The fourth-order valence-corrected chi connectivity index (χ4v) is 2.24. The second-order valence-electron chi connectivity index (χ2n) is 5.53. The first-order valence-electron chi connectivity index (χ1n) is 8.36. The first-order chi connectivity index (χ1) is 12.0. The molecule has 0 heterocycles. The minimum Gasteiger partial charge on any atom is -0.490 e. The van der Waals surface area contributed by atoms with E-state index in [9.17, 15) is 4.79 Å². The summed E-state index contributed by atoms with van der Waals surface area (Å²) in [6.07, 6.45) is 0. The van der Waals surface area contributed by atoms with Crippen LogP contribution in [0.5, 0.6) is 11.5 Å². The van der Waals surface area contributed by atoms with E-state index in [0.717, 1.165) is 11.1 Å². The summed E-state index contributed by atoms with van der Waals surface area (Å²) in [7, 11) is 0. The number of benzene rings is 2. The molecule has 2 aromatic rings. The number of hydrazone groups is 1. The van der Waals surface area contributed by atoms with Gasteiger partial charge in [-0.15, -0.1) is 0 Å². The highest BCUT2D eigenvalue weighted by Crippen LogP contribution is 2.28. The summed E-state index contributed by atoms with van der Waals surface area (Å²) in [6.45, 7) is 8.78. The molecule has 0 aliphatic heterocycles. The van der Waals surface area contributed by atoms with Crippen LogP contribution in [-0.4, -0.2) is 24.8 Å². The quantitative estimate of drug-likeness (QED) is 0.613. The van der Waals surface area contributed by atoms with Gasteiger partial charge in [0.1, 0.15) is 0 Å². The Morgan fingerprint density at radius 3 is 2.20 bits per heavy atom. The topological polar surface area (TPSA) is 59.9 Å². The zero-order valence-corrected chi connectivity index (χ0v) is 15.1. The van der Waals surface area contributed by atoms with Crippen molar-refractivity contribution in [3.05, 3.63) is 59.2 Å². The third-order valence-electron chi connectivity index (χ3n) is 3.60. The highest BCUT2D eigenvalue weighted by molar-refractivity contribution is 6.01. The maximum Gasteiger partial charge on any atom is 0.271 e. The van der Waals surface area contributed by atoms with E-state index in [1.54, 1.807) is 12.1 Å². The number of rotatable bonds is 7. The molecule has 1 amide bonds. The van der Waals surface area contributed by atoms with E-state index in [-0.39, 0.29) is 5.91 Å². The van der Waals surface area contributed by atoms with Crippen LogP contribution in [0.25, 0.3) is 0 Å². The molecular formula is C20H24N2O3. The molecule has 2 aromatic carbocycles. The molecular weight excluding hydrogens is 316 g/mol. The molecule has 0 aromatic heterocycles. The van der Waals surface area contributed by atoms with E-state index in [4.69, 9.17) is 9.47 Å². The van der Waals surface area contributed by atoms with Crippen LogP contribution in [0.1, 0.15) is 42.3 Å². The van der Waals surface area contributed by atoms with Crippen LogP contribution in [0.3, 0.4) is 0 Å². The number of hydrogen-bond acceptors (Lipinski definition) is 4. The molecule has 25 heavy (non-hydrogen) atoms. The number of amides is 1. The Bertz CT molecular complexity index is 752. The van der Waals surface area contributed by atoms with E-state index in [0.29, 0.717) is 36.0 Å². The van der Waals surface area contributed by atoms with Crippen LogP contribution in [0.2, 0.25) is 0 Å². The monoisotopic (exact) mass is 340 g/mol. The van der Waals surface area contributed by atoms with Crippen LogP contribution in [0, 0.1) is 6.92 Å². The van der Waals surface area contributed by atoms with Gasteiger partial charge in [0.05, 0.1) is 18.9 Å². The van der Waals surface area contributed by atoms with Gasteiger partial charge in [-0.05, 0) is 58.0 Å². The fraction of sp³-hybridized carbons (Fsp3) is 0.300. The molecule has 132 valence electrons. The molecule has 1 N–H and O–H groups in total. The molecule has 2 rings (SSSR count). The van der Waals surface area contributed by atoms with Crippen LogP contribution < -0.4 is 14.9 Å². The number of aryl methyl sites for hydroxylation is 1. The normalized spacial score (nSPS) is 11.1. The van der Waals surface area contributed by atoms with Crippen LogP contribution >= 0.6 is 0 Å². The van der Waals surface area contributed by atoms with Crippen LogP contribution in [0.15, 0.2) is 47.6 Å². The zero-order valence-electron chi connectivity index (χ0n) is 15.1.